The van der Waals surface area contributed by atoms with Crippen molar-refractivity contribution < 1.29 is 9.59 Å². The van der Waals surface area contributed by atoms with Crippen molar-refractivity contribution in [3.8, 4) is 0 Å². The number of carbonyl (C=O) groups excluding carboxylic acids is 2. The highest BCUT2D eigenvalue weighted by Crippen LogP contribution is 2.23. The van der Waals surface area contributed by atoms with Crippen LogP contribution in [0.5, 0.6) is 0 Å². The van der Waals surface area contributed by atoms with Crippen molar-refractivity contribution in [3.63, 3.8) is 0 Å². The van der Waals surface area contributed by atoms with Crippen LogP contribution in [-0.4, -0.2) is 45.6 Å². The monoisotopic (exact) mass is 354 g/mol. The second kappa shape index (κ2) is 7.09. The van der Waals surface area contributed by atoms with Gasteiger partial charge in [0, 0.05) is 30.9 Å². The zero-order valence-corrected chi connectivity index (χ0v) is 15.3. The fourth-order valence-corrected chi connectivity index (χ4v) is 3.71. The highest BCUT2D eigenvalue weighted by atomic mass is 16.2. The first-order chi connectivity index (χ1) is 12.6. The van der Waals surface area contributed by atoms with Crippen molar-refractivity contribution in [1.82, 2.24) is 20.0 Å². The lowest BCUT2D eigenvalue weighted by Gasteiger charge is -2.32. The smallest absolute Gasteiger partial charge is 0.225 e. The van der Waals surface area contributed by atoms with Crippen molar-refractivity contribution in [2.75, 3.05) is 13.1 Å². The van der Waals surface area contributed by atoms with Gasteiger partial charge in [-0.05, 0) is 44.7 Å². The molecule has 1 unspecified atom stereocenters. The van der Waals surface area contributed by atoms with Gasteiger partial charge in [-0.1, -0.05) is 11.6 Å². The SMILES string of the molecule is Cc1ccc2c(cnn2CCC(=O)N2CCCC(C(=O)NC3CC3)C2)c1. The van der Waals surface area contributed by atoms with Crippen molar-refractivity contribution in [2.24, 2.45) is 5.92 Å². The van der Waals surface area contributed by atoms with E-state index >= 15 is 0 Å². The summed E-state index contributed by atoms with van der Waals surface area (Å²) in [5.41, 5.74) is 2.26. The van der Waals surface area contributed by atoms with Gasteiger partial charge >= 0.3 is 0 Å². The molecule has 0 radical (unpaired) electrons. The Labute approximate surface area is 153 Å². The summed E-state index contributed by atoms with van der Waals surface area (Å²) >= 11 is 0. The summed E-state index contributed by atoms with van der Waals surface area (Å²) in [6.45, 7) is 3.94. The molecule has 1 N–H and O–H groups in total. The van der Waals surface area contributed by atoms with E-state index in [1.54, 1.807) is 0 Å². The highest BCUT2D eigenvalue weighted by Gasteiger charge is 2.31. The van der Waals surface area contributed by atoms with Gasteiger partial charge in [0.2, 0.25) is 11.8 Å². The molecule has 2 fully saturated rings. The van der Waals surface area contributed by atoms with Gasteiger partial charge in [0.1, 0.15) is 0 Å². The summed E-state index contributed by atoms with van der Waals surface area (Å²) in [5, 5.41) is 8.59. The summed E-state index contributed by atoms with van der Waals surface area (Å²) in [6, 6.07) is 6.61. The van der Waals surface area contributed by atoms with E-state index in [1.807, 2.05) is 15.8 Å². The Hall–Kier alpha value is -2.37. The van der Waals surface area contributed by atoms with Crippen molar-refractivity contribution >= 4 is 22.7 Å². The number of rotatable bonds is 5. The molecule has 0 spiro atoms. The van der Waals surface area contributed by atoms with Crippen LogP contribution < -0.4 is 5.32 Å². The Kier molecular flexibility index (Phi) is 4.66. The van der Waals surface area contributed by atoms with Gasteiger partial charge in [0.05, 0.1) is 24.2 Å². The number of nitrogens with zero attached hydrogens (tertiary/aromatic N) is 3. The molecule has 2 heterocycles. The fraction of sp³-hybridized carbons (Fsp3) is 0.550. The molecule has 0 bridgehead atoms. The Bertz CT molecular complexity index is 824. The Morgan fingerprint density at radius 2 is 2.12 bits per heavy atom. The number of hydrogen-bond donors (Lipinski definition) is 1. The average molecular weight is 354 g/mol. The van der Waals surface area contributed by atoms with Crippen LogP contribution >= 0.6 is 0 Å². The number of nitrogens with one attached hydrogen (secondary N) is 1. The summed E-state index contributed by atoms with van der Waals surface area (Å²) in [4.78, 5) is 26.8. The average Bonchev–Trinajstić information content (AvgIpc) is 3.37. The molecule has 1 saturated heterocycles. The van der Waals surface area contributed by atoms with E-state index in [4.69, 9.17) is 0 Å². The van der Waals surface area contributed by atoms with Crippen LogP contribution in [0.4, 0.5) is 0 Å². The van der Waals surface area contributed by atoms with Crippen LogP contribution in [0.15, 0.2) is 24.4 Å². The molecule has 1 saturated carbocycles. The maximum atomic E-state index is 12.6. The van der Waals surface area contributed by atoms with Gasteiger partial charge in [-0.2, -0.15) is 5.10 Å². The molecule has 138 valence electrons. The van der Waals surface area contributed by atoms with Gasteiger partial charge in [-0.25, -0.2) is 0 Å². The predicted octanol–water partition coefficient (Wildman–Crippen LogP) is 2.25. The molecule has 6 heteroatoms. The molecule has 2 aliphatic rings. The van der Waals surface area contributed by atoms with Crippen LogP contribution in [-0.2, 0) is 16.1 Å². The van der Waals surface area contributed by atoms with E-state index in [2.05, 4.69) is 35.5 Å². The zero-order valence-electron chi connectivity index (χ0n) is 15.3. The summed E-state index contributed by atoms with van der Waals surface area (Å²) in [5.74, 6) is 0.185. The molecule has 2 aromatic rings. The Balaban J connectivity index is 1.34. The van der Waals surface area contributed by atoms with Crippen LogP contribution in [0.2, 0.25) is 0 Å². The number of benzene rings is 1. The Morgan fingerprint density at radius 1 is 1.27 bits per heavy atom. The molecule has 1 aromatic heterocycles. The molecule has 1 atom stereocenters. The lowest BCUT2D eigenvalue weighted by atomic mass is 9.97. The third-order valence-corrected chi connectivity index (χ3v) is 5.40. The number of aryl methyl sites for hydroxylation is 2. The third kappa shape index (κ3) is 3.74. The van der Waals surface area contributed by atoms with E-state index < -0.39 is 0 Å². The van der Waals surface area contributed by atoms with E-state index in [0.717, 1.165) is 43.1 Å². The number of aromatic nitrogens is 2. The van der Waals surface area contributed by atoms with Gasteiger partial charge in [0.15, 0.2) is 0 Å². The summed E-state index contributed by atoms with van der Waals surface area (Å²) in [7, 11) is 0. The second-order valence-corrected chi connectivity index (χ2v) is 7.64. The van der Waals surface area contributed by atoms with E-state index in [1.165, 1.54) is 5.56 Å². The number of piperidine rings is 1. The molecule has 6 nitrogen and oxygen atoms in total. The minimum absolute atomic E-state index is 0.0539. The summed E-state index contributed by atoms with van der Waals surface area (Å²) in [6.07, 6.45) is 6.24. The van der Waals surface area contributed by atoms with Gasteiger partial charge in [-0.3, -0.25) is 14.3 Å². The van der Waals surface area contributed by atoms with E-state index in [-0.39, 0.29) is 17.7 Å². The Morgan fingerprint density at radius 3 is 2.92 bits per heavy atom. The van der Waals surface area contributed by atoms with Crippen LogP contribution in [0.25, 0.3) is 10.9 Å². The molecule has 1 aliphatic heterocycles. The minimum Gasteiger partial charge on any atom is -0.353 e. The first kappa shape index (κ1) is 17.1. The van der Waals surface area contributed by atoms with Crippen LogP contribution in [0.3, 0.4) is 0 Å². The zero-order chi connectivity index (χ0) is 18.1. The number of fused-ring (bicyclic) bond motifs is 1. The van der Waals surface area contributed by atoms with Crippen LogP contribution in [0.1, 0.15) is 37.7 Å². The van der Waals surface area contributed by atoms with E-state index in [9.17, 15) is 9.59 Å². The lowest BCUT2D eigenvalue weighted by Crippen LogP contribution is -2.46. The maximum absolute atomic E-state index is 12.6. The van der Waals surface area contributed by atoms with Crippen molar-refractivity contribution in [2.45, 2.75) is 51.6 Å². The largest absolute Gasteiger partial charge is 0.353 e. The number of amides is 2. The second-order valence-electron chi connectivity index (χ2n) is 7.64. The van der Waals surface area contributed by atoms with Gasteiger partial charge in [-0.15, -0.1) is 0 Å². The number of likely N-dealkylation sites (tertiary alicyclic amines) is 1. The standard InChI is InChI=1S/C20H26N4O2/c1-14-4-7-18-16(11-14)12-21-24(18)10-8-19(25)23-9-2-3-15(13-23)20(26)22-17-5-6-17/h4,7,11-12,15,17H,2-3,5-6,8-10,13H2,1H3,(H,22,26). The number of hydrogen-bond acceptors (Lipinski definition) is 3. The molecular weight excluding hydrogens is 328 g/mol. The summed E-state index contributed by atoms with van der Waals surface area (Å²) < 4.78 is 1.90. The van der Waals surface area contributed by atoms with Gasteiger partial charge < -0.3 is 10.2 Å². The quantitative estimate of drug-likeness (QED) is 0.895. The normalized spacial score (nSPS) is 20.3. The molecule has 26 heavy (non-hydrogen) atoms. The molecule has 1 aliphatic carbocycles. The minimum atomic E-state index is -0.0539. The molecule has 4 rings (SSSR count). The maximum Gasteiger partial charge on any atom is 0.225 e. The highest BCUT2D eigenvalue weighted by molar-refractivity contribution is 5.82. The predicted molar refractivity (Wildman–Crippen MR) is 99.6 cm³/mol. The van der Waals surface area contributed by atoms with Crippen molar-refractivity contribution in [1.29, 1.82) is 0 Å². The van der Waals surface area contributed by atoms with E-state index in [0.29, 0.717) is 25.6 Å². The first-order valence-electron chi connectivity index (χ1n) is 9.60. The molecule has 1 aromatic carbocycles. The van der Waals surface area contributed by atoms with Gasteiger partial charge in [0.25, 0.3) is 0 Å². The lowest BCUT2D eigenvalue weighted by molar-refractivity contribution is -0.136. The first-order valence-corrected chi connectivity index (χ1v) is 9.60. The topological polar surface area (TPSA) is 67.2 Å². The number of carbonyl (C=O) groups is 2. The molecule has 2 amide bonds. The fourth-order valence-electron chi connectivity index (χ4n) is 3.71. The molecular formula is C20H26N4O2. The van der Waals surface area contributed by atoms with Crippen LogP contribution in [0, 0.1) is 12.8 Å². The third-order valence-electron chi connectivity index (χ3n) is 5.40. The van der Waals surface area contributed by atoms with Crippen molar-refractivity contribution in [3.05, 3.63) is 30.0 Å².